The summed E-state index contributed by atoms with van der Waals surface area (Å²) in [6.07, 6.45) is 0.985. The van der Waals surface area contributed by atoms with Gasteiger partial charge in [-0.15, -0.1) is 0 Å². The van der Waals surface area contributed by atoms with Gasteiger partial charge in [0, 0.05) is 20.2 Å². The third-order valence-electron chi connectivity index (χ3n) is 1.21. The second-order valence-electron chi connectivity index (χ2n) is 2.35. The Morgan fingerprint density at radius 3 is 2.45 bits per heavy atom. The maximum Gasteiger partial charge on any atom is 0.168 e. The summed E-state index contributed by atoms with van der Waals surface area (Å²) in [5.41, 5.74) is 0. The molecule has 0 aliphatic heterocycles. The molecule has 0 bridgehead atoms. The lowest BCUT2D eigenvalue weighted by Crippen LogP contribution is -2.12. The van der Waals surface area contributed by atoms with Crippen molar-refractivity contribution < 1.29 is 8.78 Å². The van der Waals surface area contributed by atoms with E-state index in [1.165, 1.54) is 4.90 Å². The van der Waals surface area contributed by atoms with E-state index in [0.29, 0.717) is 0 Å². The second kappa shape index (κ2) is 2.82. The van der Waals surface area contributed by atoms with Gasteiger partial charge in [0.25, 0.3) is 0 Å². The highest BCUT2D eigenvalue weighted by Crippen LogP contribution is 2.12. The van der Waals surface area contributed by atoms with Crippen molar-refractivity contribution in [1.82, 2.24) is 4.98 Å². The number of anilines is 1. The molecule has 0 aliphatic rings. The van der Waals surface area contributed by atoms with Crippen LogP contribution in [0.2, 0.25) is 0 Å². The van der Waals surface area contributed by atoms with Crippen molar-refractivity contribution in [1.29, 1.82) is 0 Å². The molecule has 0 spiro atoms. The van der Waals surface area contributed by atoms with Crippen LogP contribution in [0.25, 0.3) is 0 Å². The van der Waals surface area contributed by atoms with Gasteiger partial charge >= 0.3 is 0 Å². The molecule has 0 N–H and O–H groups in total. The Kier molecular flexibility index (Phi) is 2.03. The van der Waals surface area contributed by atoms with Gasteiger partial charge < -0.3 is 4.90 Å². The molecule has 0 atom stereocenters. The third kappa shape index (κ3) is 1.63. The van der Waals surface area contributed by atoms with E-state index in [9.17, 15) is 8.78 Å². The van der Waals surface area contributed by atoms with Crippen LogP contribution < -0.4 is 4.90 Å². The molecule has 1 aromatic heterocycles. The van der Waals surface area contributed by atoms with Gasteiger partial charge in [-0.2, -0.15) is 0 Å². The molecule has 0 aromatic carbocycles. The molecule has 0 saturated heterocycles. The Bertz CT molecular complexity index is 261. The Morgan fingerprint density at radius 1 is 1.36 bits per heavy atom. The Balaban J connectivity index is 3.09. The summed E-state index contributed by atoms with van der Waals surface area (Å²) in [5.74, 6) is -1.16. The minimum absolute atomic E-state index is 0.145. The topological polar surface area (TPSA) is 16.1 Å². The Hall–Kier alpha value is -1.19. The molecule has 0 radical (unpaired) electrons. The zero-order chi connectivity index (χ0) is 8.43. The largest absolute Gasteiger partial charge is 0.360 e. The van der Waals surface area contributed by atoms with Crippen molar-refractivity contribution in [3.05, 3.63) is 23.9 Å². The number of hydrogen-bond acceptors (Lipinski definition) is 2. The summed E-state index contributed by atoms with van der Waals surface area (Å²) >= 11 is 0. The number of rotatable bonds is 1. The quantitative estimate of drug-likeness (QED) is 0.614. The summed E-state index contributed by atoms with van der Waals surface area (Å²) in [4.78, 5) is 5.03. The summed E-state index contributed by atoms with van der Waals surface area (Å²) in [6.45, 7) is 0. The minimum Gasteiger partial charge on any atom is -0.360 e. The number of hydrogen-bond donors (Lipinski definition) is 0. The first-order valence-corrected chi connectivity index (χ1v) is 3.09. The molecular formula is C7H8F2N2. The van der Waals surface area contributed by atoms with Crippen LogP contribution in [0.15, 0.2) is 12.3 Å². The van der Waals surface area contributed by atoms with Gasteiger partial charge in [0.15, 0.2) is 11.6 Å². The highest BCUT2D eigenvalue weighted by atomic mass is 19.1. The molecule has 0 aliphatic carbocycles. The predicted octanol–water partition coefficient (Wildman–Crippen LogP) is 1.43. The highest BCUT2D eigenvalue weighted by molar-refractivity contribution is 5.37. The maximum absolute atomic E-state index is 12.8. The average Bonchev–Trinajstić information content (AvgIpc) is 1.85. The lowest BCUT2D eigenvalue weighted by Gasteiger charge is -2.10. The summed E-state index contributed by atoms with van der Waals surface area (Å²) in [7, 11) is 3.28. The van der Waals surface area contributed by atoms with Gasteiger partial charge in [-0.25, -0.2) is 13.8 Å². The van der Waals surface area contributed by atoms with Crippen molar-refractivity contribution in [2.75, 3.05) is 19.0 Å². The fourth-order valence-corrected chi connectivity index (χ4v) is 0.736. The fourth-order valence-electron chi connectivity index (χ4n) is 0.736. The van der Waals surface area contributed by atoms with E-state index in [-0.39, 0.29) is 5.82 Å². The van der Waals surface area contributed by atoms with Crippen LogP contribution in [0.1, 0.15) is 0 Å². The predicted molar refractivity (Wildman–Crippen MR) is 38.5 cm³/mol. The van der Waals surface area contributed by atoms with E-state index in [0.717, 1.165) is 12.3 Å². The molecule has 0 unspecified atom stereocenters. The minimum atomic E-state index is -0.659. The molecule has 0 saturated carbocycles. The van der Waals surface area contributed by atoms with Gasteiger partial charge in [0.05, 0.1) is 6.20 Å². The number of aromatic nitrogens is 1. The van der Waals surface area contributed by atoms with Crippen LogP contribution >= 0.6 is 0 Å². The monoisotopic (exact) mass is 158 g/mol. The number of halogens is 2. The summed E-state index contributed by atoms with van der Waals surface area (Å²) < 4.78 is 25.0. The van der Waals surface area contributed by atoms with E-state index in [1.807, 2.05) is 0 Å². The molecule has 2 nitrogen and oxygen atoms in total. The molecule has 60 valence electrons. The second-order valence-corrected chi connectivity index (χ2v) is 2.35. The smallest absolute Gasteiger partial charge is 0.168 e. The molecule has 1 aromatic rings. The number of nitrogens with zero attached hydrogens (tertiary/aromatic N) is 2. The lowest BCUT2D eigenvalue weighted by molar-refractivity contribution is 0.572. The maximum atomic E-state index is 12.8. The van der Waals surface area contributed by atoms with Gasteiger partial charge in [-0.3, -0.25) is 0 Å². The van der Waals surface area contributed by atoms with Crippen molar-refractivity contribution in [2.45, 2.75) is 0 Å². The molecule has 1 rings (SSSR count). The standard InChI is InChI=1S/C7H8F2N2/c1-11(2)7-6(9)3-5(8)4-10-7/h3-4H,1-2H3. The lowest BCUT2D eigenvalue weighted by atomic mass is 10.4. The Morgan fingerprint density at radius 2 is 2.00 bits per heavy atom. The molecule has 11 heavy (non-hydrogen) atoms. The van der Waals surface area contributed by atoms with Crippen molar-refractivity contribution in [2.24, 2.45) is 0 Å². The Labute approximate surface area is 63.5 Å². The highest BCUT2D eigenvalue weighted by Gasteiger charge is 2.05. The zero-order valence-electron chi connectivity index (χ0n) is 6.31. The SMILES string of the molecule is CN(C)c1ncc(F)cc1F. The van der Waals surface area contributed by atoms with E-state index < -0.39 is 11.6 Å². The van der Waals surface area contributed by atoms with E-state index in [1.54, 1.807) is 14.1 Å². The molecule has 4 heteroatoms. The van der Waals surface area contributed by atoms with Gasteiger partial charge in [-0.05, 0) is 0 Å². The molecule has 0 amide bonds. The first kappa shape index (κ1) is 7.91. The van der Waals surface area contributed by atoms with E-state index in [2.05, 4.69) is 4.98 Å². The summed E-state index contributed by atoms with van der Waals surface area (Å²) in [5, 5.41) is 0. The fraction of sp³-hybridized carbons (Fsp3) is 0.286. The average molecular weight is 158 g/mol. The van der Waals surface area contributed by atoms with Crippen molar-refractivity contribution in [3.63, 3.8) is 0 Å². The summed E-state index contributed by atoms with van der Waals surface area (Å²) in [6, 6.07) is 0.808. The van der Waals surface area contributed by atoms with Gasteiger partial charge in [0.2, 0.25) is 0 Å². The third-order valence-corrected chi connectivity index (χ3v) is 1.21. The molecule has 1 heterocycles. The van der Waals surface area contributed by atoms with Crippen LogP contribution in [0.5, 0.6) is 0 Å². The number of pyridine rings is 1. The molecule has 0 fully saturated rings. The normalized spacial score (nSPS) is 9.82. The van der Waals surface area contributed by atoms with Crippen LogP contribution in [0.4, 0.5) is 14.6 Å². The zero-order valence-corrected chi connectivity index (χ0v) is 6.31. The van der Waals surface area contributed by atoms with Crippen LogP contribution in [-0.4, -0.2) is 19.1 Å². The molecular weight excluding hydrogens is 150 g/mol. The first-order valence-electron chi connectivity index (χ1n) is 3.09. The van der Waals surface area contributed by atoms with Gasteiger partial charge in [0.1, 0.15) is 5.82 Å². The van der Waals surface area contributed by atoms with Crippen LogP contribution in [0, 0.1) is 11.6 Å². The van der Waals surface area contributed by atoms with E-state index >= 15 is 0 Å². The first-order chi connectivity index (χ1) is 5.11. The van der Waals surface area contributed by atoms with Crippen molar-refractivity contribution >= 4 is 5.82 Å². The van der Waals surface area contributed by atoms with Gasteiger partial charge in [-0.1, -0.05) is 0 Å². The van der Waals surface area contributed by atoms with Crippen molar-refractivity contribution in [3.8, 4) is 0 Å². The van der Waals surface area contributed by atoms with Crippen LogP contribution in [-0.2, 0) is 0 Å². The van der Waals surface area contributed by atoms with E-state index in [4.69, 9.17) is 0 Å². The van der Waals surface area contributed by atoms with Crippen LogP contribution in [0.3, 0.4) is 0 Å².